The highest BCUT2D eigenvalue weighted by Crippen LogP contribution is 2.12. The highest BCUT2D eigenvalue weighted by molar-refractivity contribution is 5.14. The van der Waals surface area contributed by atoms with Gasteiger partial charge in [-0.3, -0.25) is 0 Å². The lowest BCUT2D eigenvalue weighted by molar-refractivity contribution is 0.729. The summed E-state index contributed by atoms with van der Waals surface area (Å²) in [7, 11) is 0. The zero-order valence-corrected chi connectivity index (χ0v) is 6.50. The van der Waals surface area contributed by atoms with Gasteiger partial charge in [0.1, 0.15) is 0 Å². The minimum atomic E-state index is 0.440. The molecule has 0 spiro atoms. The highest BCUT2D eigenvalue weighted by atomic mass is 15.3. The summed E-state index contributed by atoms with van der Waals surface area (Å²) in [6, 6.07) is 0. The first-order valence-corrected chi connectivity index (χ1v) is 3.36. The van der Waals surface area contributed by atoms with Crippen molar-refractivity contribution in [1.29, 1.82) is 0 Å². The summed E-state index contributed by atoms with van der Waals surface area (Å²) in [6.45, 7) is 6.19. The summed E-state index contributed by atoms with van der Waals surface area (Å²) in [5.74, 6) is 0.440. The molecule has 1 aromatic heterocycles. The number of nitrogens with zero attached hydrogens (tertiary/aromatic N) is 3. The minimum absolute atomic E-state index is 0.440. The second-order valence-corrected chi connectivity index (χ2v) is 2.66. The Bertz CT molecular complexity index is 220. The summed E-state index contributed by atoms with van der Waals surface area (Å²) in [4.78, 5) is 0. The number of hydrogen-bond donors (Lipinski definition) is 0. The van der Waals surface area contributed by atoms with E-state index in [-0.39, 0.29) is 0 Å². The Balaban J connectivity index is 3.03. The van der Waals surface area contributed by atoms with Crippen LogP contribution in [0.15, 0.2) is 6.20 Å². The van der Waals surface area contributed by atoms with Crippen LogP contribution in [0.25, 0.3) is 0 Å². The molecule has 1 heterocycles. The number of rotatable bonds is 1. The molecular weight excluding hydrogens is 126 g/mol. The molecule has 1 aromatic rings. The van der Waals surface area contributed by atoms with Crippen LogP contribution in [0.2, 0.25) is 0 Å². The van der Waals surface area contributed by atoms with Gasteiger partial charge in [-0.05, 0) is 23.6 Å². The third-order valence-corrected chi connectivity index (χ3v) is 1.41. The summed E-state index contributed by atoms with van der Waals surface area (Å²) in [5.41, 5.74) is 2.15. The van der Waals surface area contributed by atoms with E-state index in [4.69, 9.17) is 0 Å². The molecule has 0 saturated carbocycles. The zero-order valence-electron chi connectivity index (χ0n) is 6.50. The smallest absolute Gasteiger partial charge is 0.0719 e. The van der Waals surface area contributed by atoms with Crippen LogP contribution in [0.3, 0.4) is 0 Å². The minimum Gasteiger partial charge on any atom is -0.138 e. The molecule has 0 aliphatic heterocycles. The first-order valence-electron chi connectivity index (χ1n) is 3.36. The first kappa shape index (κ1) is 7.12. The fraction of sp³-hybridized carbons (Fsp3) is 0.571. The third-order valence-electron chi connectivity index (χ3n) is 1.41. The topological polar surface area (TPSA) is 38.7 Å². The Morgan fingerprint density at radius 1 is 1.40 bits per heavy atom. The van der Waals surface area contributed by atoms with E-state index in [0.717, 1.165) is 11.3 Å². The van der Waals surface area contributed by atoms with Crippen molar-refractivity contribution in [3.8, 4) is 0 Å². The molecule has 0 atom stereocenters. The van der Waals surface area contributed by atoms with E-state index in [1.54, 1.807) is 6.20 Å². The first-order chi connectivity index (χ1) is 4.72. The van der Waals surface area contributed by atoms with Gasteiger partial charge < -0.3 is 0 Å². The van der Waals surface area contributed by atoms with Gasteiger partial charge in [-0.2, -0.15) is 0 Å². The molecule has 1 rings (SSSR count). The summed E-state index contributed by atoms with van der Waals surface area (Å²) in [5, 5.41) is 11.1. The van der Waals surface area contributed by atoms with Gasteiger partial charge >= 0.3 is 0 Å². The van der Waals surface area contributed by atoms with Gasteiger partial charge in [-0.1, -0.05) is 13.8 Å². The van der Waals surface area contributed by atoms with Crippen LogP contribution in [0, 0.1) is 6.92 Å². The van der Waals surface area contributed by atoms with E-state index >= 15 is 0 Å². The van der Waals surface area contributed by atoms with Gasteiger partial charge in [0.05, 0.1) is 11.9 Å². The van der Waals surface area contributed by atoms with Gasteiger partial charge in [0.25, 0.3) is 0 Å². The summed E-state index contributed by atoms with van der Waals surface area (Å²) < 4.78 is 0. The zero-order chi connectivity index (χ0) is 7.56. The van der Waals surface area contributed by atoms with Crippen LogP contribution in [0.5, 0.6) is 0 Å². The number of aryl methyl sites for hydroxylation is 1. The maximum atomic E-state index is 3.92. The Labute approximate surface area is 60.5 Å². The molecular formula is C7H11N3. The van der Waals surface area contributed by atoms with Crippen molar-refractivity contribution in [2.45, 2.75) is 26.7 Å². The van der Waals surface area contributed by atoms with Gasteiger partial charge in [-0.15, -0.1) is 10.2 Å². The summed E-state index contributed by atoms with van der Waals surface area (Å²) in [6.07, 6.45) is 1.74. The fourth-order valence-electron chi connectivity index (χ4n) is 0.902. The Morgan fingerprint density at radius 3 is 2.50 bits per heavy atom. The van der Waals surface area contributed by atoms with Crippen molar-refractivity contribution in [1.82, 2.24) is 15.4 Å². The lowest BCUT2D eigenvalue weighted by atomic mass is 10.1. The van der Waals surface area contributed by atoms with Crippen molar-refractivity contribution in [3.63, 3.8) is 0 Å². The van der Waals surface area contributed by atoms with Crippen LogP contribution in [0.1, 0.15) is 31.0 Å². The van der Waals surface area contributed by atoms with Gasteiger partial charge in [0.2, 0.25) is 0 Å². The van der Waals surface area contributed by atoms with E-state index in [9.17, 15) is 0 Å². The molecule has 0 amide bonds. The number of aromatic nitrogens is 3. The second kappa shape index (κ2) is 2.73. The van der Waals surface area contributed by atoms with E-state index in [2.05, 4.69) is 29.3 Å². The van der Waals surface area contributed by atoms with Crippen LogP contribution in [0.4, 0.5) is 0 Å². The van der Waals surface area contributed by atoms with Gasteiger partial charge in [0.15, 0.2) is 0 Å². The molecule has 0 N–H and O–H groups in total. The Morgan fingerprint density at radius 2 is 2.10 bits per heavy atom. The molecule has 0 aromatic carbocycles. The molecule has 0 unspecified atom stereocenters. The average Bonchev–Trinajstić information content (AvgIpc) is 1.88. The lowest BCUT2D eigenvalue weighted by Gasteiger charge is -2.03. The Kier molecular flexibility index (Phi) is 1.94. The molecule has 0 bridgehead atoms. The average molecular weight is 137 g/mol. The molecule has 0 saturated heterocycles. The third kappa shape index (κ3) is 1.29. The second-order valence-electron chi connectivity index (χ2n) is 2.66. The molecule has 54 valence electrons. The van der Waals surface area contributed by atoms with Crippen molar-refractivity contribution < 1.29 is 0 Å². The van der Waals surface area contributed by atoms with E-state index < -0.39 is 0 Å². The highest BCUT2D eigenvalue weighted by Gasteiger charge is 2.03. The molecule has 0 aliphatic carbocycles. The monoisotopic (exact) mass is 137 g/mol. The molecule has 10 heavy (non-hydrogen) atoms. The maximum Gasteiger partial charge on any atom is 0.0719 e. The van der Waals surface area contributed by atoms with Crippen molar-refractivity contribution in [2.75, 3.05) is 0 Å². The largest absolute Gasteiger partial charge is 0.138 e. The van der Waals surface area contributed by atoms with Crippen molar-refractivity contribution >= 4 is 0 Å². The van der Waals surface area contributed by atoms with E-state index in [1.807, 2.05) is 6.92 Å². The normalized spacial score (nSPS) is 10.4. The molecule has 3 heteroatoms. The molecule has 0 radical (unpaired) electrons. The van der Waals surface area contributed by atoms with E-state index in [0.29, 0.717) is 5.92 Å². The van der Waals surface area contributed by atoms with Crippen LogP contribution < -0.4 is 0 Å². The van der Waals surface area contributed by atoms with Crippen LogP contribution in [-0.4, -0.2) is 15.4 Å². The number of hydrogen-bond acceptors (Lipinski definition) is 3. The van der Waals surface area contributed by atoms with Crippen LogP contribution >= 0.6 is 0 Å². The van der Waals surface area contributed by atoms with Crippen molar-refractivity contribution in [3.05, 3.63) is 17.5 Å². The maximum absolute atomic E-state index is 3.92. The van der Waals surface area contributed by atoms with Crippen molar-refractivity contribution in [2.24, 2.45) is 0 Å². The van der Waals surface area contributed by atoms with Gasteiger partial charge in [0, 0.05) is 0 Å². The molecule has 3 nitrogen and oxygen atoms in total. The predicted octanol–water partition coefficient (Wildman–Crippen LogP) is 1.30. The Hall–Kier alpha value is -0.990. The van der Waals surface area contributed by atoms with Gasteiger partial charge in [-0.25, -0.2) is 0 Å². The lowest BCUT2D eigenvalue weighted by Crippen LogP contribution is -1.99. The quantitative estimate of drug-likeness (QED) is 0.585. The SMILES string of the molecule is Cc1cnnnc1C(C)C. The standard InChI is InChI=1S/C7H11N3/c1-5(2)7-6(3)4-8-10-9-7/h4-5H,1-3H3. The molecule has 0 fully saturated rings. The molecule has 0 aliphatic rings. The fourth-order valence-corrected chi connectivity index (χ4v) is 0.902. The summed E-state index contributed by atoms with van der Waals surface area (Å²) >= 11 is 0. The van der Waals surface area contributed by atoms with E-state index in [1.165, 1.54) is 0 Å². The predicted molar refractivity (Wildman–Crippen MR) is 38.7 cm³/mol. The van der Waals surface area contributed by atoms with Crippen LogP contribution in [-0.2, 0) is 0 Å².